The second-order valence-electron chi connectivity index (χ2n) is 6.22. The van der Waals surface area contributed by atoms with Crippen molar-refractivity contribution in [2.75, 3.05) is 13.7 Å². The Morgan fingerprint density at radius 1 is 1.15 bits per heavy atom. The molecule has 1 amide bonds. The fraction of sp³-hybridized carbons (Fsp3) is 0.238. The summed E-state index contributed by atoms with van der Waals surface area (Å²) in [5, 5.41) is 13.2. The number of likely N-dealkylation sites (tertiary alicyclic amines) is 1. The van der Waals surface area contributed by atoms with Gasteiger partial charge in [-0.2, -0.15) is 0 Å². The fourth-order valence-electron chi connectivity index (χ4n) is 3.19. The molecule has 1 atom stereocenters. The van der Waals surface area contributed by atoms with Crippen molar-refractivity contribution in [2.45, 2.75) is 19.4 Å². The first-order valence-electron chi connectivity index (χ1n) is 8.30. The SMILES string of the molecule is CO/N=C1/C[C@@H](C(=O)O)N(C(=O)c2ccc(-c3ccccc3C)cc2)C1.[CH3]. The highest BCUT2D eigenvalue weighted by Gasteiger charge is 2.38. The molecule has 0 spiro atoms. The Hall–Kier alpha value is -3.15. The number of benzene rings is 2. The summed E-state index contributed by atoms with van der Waals surface area (Å²) in [5.74, 6) is -1.37. The number of carboxylic acids is 1. The molecule has 1 aliphatic rings. The molecule has 0 saturated carbocycles. The number of aliphatic carboxylic acids is 1. The number of rotatable bonds is 4. The number of oxime groups is 1. The first kappa shape index (κ1) is 20.2. The highest BCUT2D eigenvalue weighted by Crippen LogP contribution is 2.25. The minimum Gasteiger partial charge on any atom is -0.480 e. The molecular formula is C21H23N2O4. The molecule has 1 N–H and O–H groups in total. The van der Waals surface area contributed by atoms with Crippen molar-refractivity contribution in [3.8, 4) is 11.1 Å². The third-order valence-electron chi connectivity index (χ3n) is 4.51. The van der Waals surface area contributed by atoms with Crippen LogP contribution in [-0.4, -0.2) is 47.3 Å². The monoisotopic (exact) mass is 367 g/mol. The highest BCUT2D eigenvalue weighted by atomic mass is 16.6. The number of carbonyl (C=O) groups is 2. The van der Waals surface area contributed by atoms with Crippen LogP contribution in [0.15, 0.2) is 53.7 Å². The van der Waals surface area contributed by atoms with Gasteiger partial charge >= 0.3 is 5.97 Å². The van der Waals surface area contributed by atoms with Crippen LogP contribution in [0.3, 0.4) is 0 Å². The van der Waals surface area contributed by atoms with Gasteiger partial charge in [0.25, 0.3) is 5.91 Å². The van der Waals surface area contributed by atoms with Gasteiger partial charge in [0.15, 0.2) is 0 Å². The second-order valence-corrected chi connectivity index (χ2v) is 6.22. The van der Waals surface area contributed by atoms with Crippen molar-refractivity contribution in [3.63, 3.8) is 0 Å². The average molecular weight is 367 g/mol. The minimum absolute atomic E-state index is 0. The van der Waals surface area contributed by atoms with E-state index in [4.69, 9.17) is 4.84 Å². The van der Waals surface area contributed by atoms with Crippen molar-refractivity contribution in [1.29, 1.82) is 0 Å². The van der Waals surface area contributed by atoms with Gasteiger partial charge in [0.2, 0.25) is 0 Å². The Labute approximate surface area is 159 Å². The van der Waals surface area contributed by atoms with E-state index in [9.17, 15) is 14.7 Å². The molecule has 0 bridgehead atoms. The Kier molecular flexibility index (Phi) is 6.34. The van der Waals surface area contributed by atoms with Crippen LogP contribution in [0, 0.1) is 14.4 Å². The summed E-state index contributed by atoms with van der Waals surface area (Å²) in [5.41, 5.74) is 4.26. The van der Waals surface area contributed by atoms with Crippen LogP contribution in [0.4, 0.5) is 0 Å². The van der Waals surface area contributed by atoms with Crippen molar-refractivity contribution in [1.82, 2.24) is 4.90 Å². The summed E-state index contributed by atoms with van der Waals surface area (Å²) in [7, 11) is 1.40. The van der Waals surface area contributed by atoms with Gasteiger partial charge in [-0.3, -0.25) is 4.79 Å². The van der Waals surface area contributed by atoms with E-state index in [0.717, 1.165) is 16.7 Å². The Bertz CT molecular complexity index is 859. The van der Waals surface area contributed by atoms with Gasteiger partial charge < -0.3 is 14.8 Å². The minimum atomic E-state index is -1.05. The van der Waals surface area contributed by atoms with E-state index < -0.39 is 12.0 Å². The maximum absolute atomic E-state index is 12.8. The zero-order chi connectivity index (χ0) is 18.7. The second kappa shape index (κ2) is 8.49. The van der Waals surface area contributed by atoms with Crippen LogP contribution < -0.4 is 0 Å². The number of carboxylic acid groups (broad SMARTS) is 1. The van der Waals surface area contributed by atoms with Crippen LogP contribution >= 0.6 is 0 Å². The first-order chi connectivity index (χ1) is 12.5. The zero-order valence-electron chi connectivity index (χ0n) is 15.7. The third kappa shape index (κ3) is 4.16. The highest BCUT2D eigenvalue weighted by molar-refractivity contribution is 6.04. The number of amides is 1. The maximum Gasteiger partial charge on any atom is 0.326 e. The normalized spacial score (nSPS) is 17.5. The molecule has 3 rings (SSSR count). The number of hydrogen-bond donors (Lipinski definition) is 1. The molecule has 0 aliphatic carbocycles. The predicted octanol–water partition coefficient (Wildman–Crippen LogP) is 3.41. The predicted molar refractivity (Wildman–Crippen MR) is 105 cm³/mol. The molecule has 141 valence electrons. The average Bonchev–Trinajstić information content (AvgIpc) is 3.06. The molecule has 27 heavy (non-hydrogen) atoms. The maximum atomic E-state index is 12.8. The quantitative estimate of drug-likeness (QED) is 0.840. The summed E-state index contributed by atoms with van der Waals surface area (Å²) in [6.07, 6.45) is 0.177. The van der Waals surface area contributed by atoms with Crippen LogP contribution in [-0.2, 0) is 9.63 Å². The molecule has 2 aromatic rings. The molecular weight excluding hydrogens is 344 g/mol. The van der Waals surface area contributed by atoms with Gasteiger partial charge in [0.05, 0.1) is 12.3 Å². The Morgan fingerprint density at radius 2 is 1.81 bits per heavy atom. The molecule has 1 heterocycles. The number of nitrogens with zero attached hydrogens (tertiary/aromatic N) is 2. The van der Waals surface area contributed by atoms with Gasteiger partial charge in [-0.05, 0) is 35.7 Å². The third-order valence-corrected chi connectivity index (χ3v) is 4.51. The fourth-order valence-corrected chi connectivity index (χ4v) is 3.19. The van der Waals surface area contributed by atoms with Crippen molar-refractivity contribution < 1.29 is 19.5 Å². The van der Waals surface area contributed by atoms with Crippen molar-refractivity contribution >= 4 is 17.6 Å². The number of carbonyl (C=O) groups excluding carboxylic acids is 1. The zero-order valence-corrected chi connectivity index (χ0v) is 15.7. The molecule has 2 aromatic carbocycles. The standard InChI is InChI=1S/C20H20N2O4.CH3/c1-13-5-3-4-6-17(13)14-7-9-15(10-8-14)19(23)22-12-16(21-26-2)11-18(22)20(24)25;/h3-10,18H,11-12H2,1-2H3,(H,24,25);1H3/b21-16-;/t18-;/m0./s1. The van der Waals surface area contributed by atoms with Crippen LogP contribution in [0.5, 0.6) is 0 Å². The lowest BCUT2D eigenvalue weighted by atomic mass is 9.99. The summed E-state index contributed by atoms with van der Waals surface area (Å²) < 4.78 is 0. The van der Waals surface area contributed by atoms with E-state index in [1.807, 2.05) is 43.3 Å². The van der Waals surface area contributed by atoms with Crippen LogP contribution in [0.1, 0.15) is 22.3 Å². The lowest BCUT2D eigenvalue weighted by Crippen LogP contribution is -2.40. The van der Waals surface area contributed by atoms with Gasteiger partial charge in [-0.15, -0.1) is 0 Å². The van der Waals surface area contributed by atoms with Crippen LogP contribution in [0.2, 0.25) is 0 Å². The van der Waals surface area contributed by atoms with E-state index in [1.54, 1.807) is 12.1 Å². The molecule has 6 nitrogen and oxygen atoms in total. The summed E-state index contributed by atoms with van der Waals surface area (Å²) in [4.78, 5) is 30.3. The van der Waals surface area contributed by atoms with E-state index in [1.165, 1.54) is 12.0 Å². The van der Waals surface area contributed by atoms with Gasteiger partial charge in [0.1, 0.15) is 13.2 Å². The van der Waals surface area contributed by atoms with Crippen molar-refractivity contribution in [2.24, 2.45) is 5.16 Å². The van der Waals surface area contributed by atoms with E-state index >= 15 is 0 Å². The first-order valence-corrected chi connectivity index (χ1v) is 8.30. The van der Waals surface area contributed by atoms with E-state index in [2.05, 4.69) is 5.16 Å². The molecule has 1 fully saturated rings. The Balaban J connectivity index is 0.00000261. The molecule has 6 heteroatoms. The molecule has 1 aliphatic heterocycles. The van der Waals surface area contributed by atoms with Crippen LogP contribution in [0.25, 0.3) is 11.1 Å². The molecule has 0 unspecified atom stereocenters. The largest absolute Gasteiger partial charge is 0.480 e. The summed E-state index contributed by atoms with van der Waals surface area (Å²) in [6, 6.07) is 14.3. The Morgan fingerprint density at radius 3 is 2.41 bits per heavy atom. The smallest absolute Gasteiger partial charge is 0.326 e. The molecule has 1 saturated heterocycles. The summed E-state index contributed by atoms with van der Waals surface area (Å²) in [6.45, 7) is 2.19. The van der Waals surface area contributed by atoms with Crippen molar-refractivity contribution in [3.05, 3.63) is 67.1 Å². The van der Waals surface area contributed by atoms with Gasteiger partial charge in [0, 0.05) is 12.0 Å². The summed E-state index contributed by atoms with van der Waals surface area (Å²) >= 11 is 0. The van der Waals surface area contributed by atoms with E-state index in [-0.39, 0.29) is 26.3 Å². The lowest BCUT2D eigenvalue weighted by Gasteiger charge is -2.20. The van der Waals surface area contributed by atoms with E-state index in [0.29, 0.717) is 11.3 Å². The van der Waals surface area contributed by atoms with Gasteiger partial charge in [-0.1, -0.05) is 49.0 Å². The lowest BCUT2D eigenvalue weighted by molar-refractivity contribution is -0.141. The van der Waals surface area contributed by atoms with Gasteiger partial charge in [-0.25, -0.2) is 4.79 Å². The molecule has 1 radical (unpaired) electrons. The molecule has 0 aromatic heterocycles. The topological polar surface area (TPSA) is 79.2 Å². The number of hydrogen-bond acceptors (Lipinski definition) is 4. The number of aryl methyl sites for hydroxylation is 1.